The van der Waals surface area contributed by atoms with E-state index in [9.17, 15) is 8.42 Å². The smallest absolute Gasteiger partial charge is 0.238 e. The molecule has 0 spiro atoms. The summed E-state index contributed by atoms with van der Waals surface area (Å²) in [6.07, 6.45) is 1.87. The number of aromatic amines is 1. The normalized spacial score (nSPS) is 11.5. The summed E-state index contributed by atoms with van der Waals surface area (Å²) >= 11 is 0. The monoisotopic (exact) mass is 312 g/mol. The van der Waals surface area contributed by atoms with Gasteiger partial charge in [0.2, 0.25) is 10.0 Å². The fourth-order valence-corrected chi connectivity index (χ4v) is 2.91. The van der Waals surface area contributed by atoms with Gasteiger partial charge in [0, 0.05) is 11.8 Å². The van der Waals surface area contributed by atoms with Crippen molar-refractivity contribution < 1.29 is 8.42 Å². The number of benzene rings is 2. The van der Waals surface area contributed by atoms with Crippen molar-refractivity contribution in [3.63, 3.8) is 0 Å². The predicted molar refractivity (Wildman–Crippen MR) is 87.8 cm³/mol. The number of aryl methyl sites for hydroxylation is 1. The molecule has 2 aromatic carbocycles. The lowest BCUT2D eigenvalue weighted by molar-refractivity contribution is 0.598. The van der Waals surface area contributed by atoms with Crippen LogP contribution in [0.2, 0.25) is 0 Å². The number of sulfonamides is 1. The Kier molecular flexibility index (Phi) is 3.60. The van der Waals surface area contributed by atoms with Gasteiger partial charge in [-0.25, -0.2) is 13.6 Å². The SMILES string of the molecule is Cc1ccc(-c2cc[nH]c2-c2ccc(S(N)(=O)=O)cc2)cc1. The van der Waals surface area contributed by atoms with Crippen LogP contribution in [0.25, 0.3) is 22.4 Å². The van der Waals surface area contributed by atoms with Crippen molar-refractivity contribution in [2.75, 3.05) is 0 Å². The molecule has 0 fully saturated rings. The minimum absolute atomic E-state index is 0.111. The van der Waals surface area contributed by atoms with Gasteiger partial charge in [-0.15, -0.1) is 0 Å². The van der Waals surface area contributed by atoms with E-state index in [4.69, 9.17) is 5.14 Å². The van der Waals surface area contributed by atoms with Crippen LogP contribution in [0.1, 0.15) is 5.56 Å². The molecule has 3 rings (SSSR count). The van der Waals surface area contributed by atoms with Crippen LogP contribution in [-0.2, 0) is 10.0 Å². The fraction of sp³-hybridized carbons (Fsp3) is 0.0588. The van der Waals surface area contributed by atoms with Crippen molar-refractivity contribution in [1.82, 2.24) is 4.98 Å². The molecule has 0 saturated carbocycles. The van der Waals surface area contributed by atoms with E-state index in [1.165, 1.54) is 17.7 Å². The molecule has 0 atom stereocenters. The second-order valence-electron chi connectivity index (χ2n) is 5.20. The summed E-state index contributed by atoms with van der Waals surface area (Å²) in [4.78, 5) is 3.32. The number of aromatic nitrogens is 1. The Morgan fingerprint density at radius 2 is 1.45 bits per heavy atom. The molecule has 5 heteroatoms. The molecular weight excluding hydrogens is 296 g/mol. The first kappa shape index (κ1) is 14.6. The Hall–Kier alpha value is -2.37. The van der Waals surface area contributed by atoms with E-state index in [0.29, 0.717) is 0 Å². The Bertz CT molecular complexity index is 893. The first-order valence-corrected chi connectivity index (χ1v) is 8.37. The summed E-state index contributed by atoms with van der Waals surface area (Å²) in [7, 11) is -3.67. The highest BCUT2D eigenvalue weighted by atomic mass is 32.2. The highest BCUT2D eigenvalue weighted by Crippen LogP contribution is 2.31. The Morgan fingerprint density at radius 1 is 0.864 bits per heavy atom. The third kappa shape index (κ3) is 2.81. The maximum Gasteiger partial charge on any atom is 0.238 e. The summed E-state index contributed by atoms with van der Waals surface area (Å²) in [5, 5.41) is 5.13. The lowest BCUT2D eigenvalue weighted by Gasteiger charge is -2.06. The third-order valence-electron chi connectivity index (χ3n) is 3.58. The van der Waals surface area contributed by atoms with Crippen molar-refractivity contribution in [3.05, 3.63) is 66.4 Å². The van der Waals surface area contributed by atoms with Crippen molar-refractivity contribution in [3.8, 4) is 22.4 Å². The summed E-state index contributed by atoms with van der Waals surface area (Å²) in [5.74, 6) is 0. The summed E-state index contributed by atoms with van der Waals surface area (Å²) in [6.45, 7) is 2.05. The van der Waals surface area contributed by atoms with Crippen LogP contribution >= 0.6 is 0 Å². The van der Waals surface area contributed by atoms with Gasteiger partial charge < -0.3 is 4.98 Å². The zero-order chi connectivity index (χ0) is 15.7. The third-order valence-corrected chi connectivity index (χ3v) is 4.51. The van der Waals surface area contributed by atoms with Crippen LogP contribution < -0.4 is 5.14 Å². The Balaban J connectivity index is 2.03. The van der Waals surface area contributed by atoms with Crippen LogP contribution in [0.15, 0.2) is 65.7 Å². The molecular formula is C17H16N2O2S. The Labute approximate surface area is 129 Å². The van der Waals surface area contributed by atoms with E-state index >= 15 is 0 Å². The average Bonchev–Trinajstić information content (AvgIpc) is 2.97. The van der Waals surface area contributed by atoms with Crippen LogP contribution in [-0.4, -0.2) is 13.4 Å². The largest absolute Gasteiger partial charge is 0.361 e. The lowest BCUT2D eigenvalue weighted by atomic mass is 10.0. The van der Waals surface area contributed by atoms with Gasteiger partial charge >= 0.3 is 0 Å². The summed E-state index contributed by atoms with van der Waals surface area (Å²) in [6, 6.07) is 16.8. The van der Waals surface area contributed by atoms with E-state index in [0.717, 1.165) is 22.4 Å². The minimum Gasteiger partial charge on any atom is -0.361 e. The van der Waals surface area contributed by atoms with Crippen molar-refractivity contribution in [1.29, 1.82) is 0 Å². The van der Waals surface area contributed by atoms with Crippen LogP contribution in [0, 0.1) is 6.92 Å². The first-order chi connectivity index (χ1) is 10.4. The maximum atomic E-state index is 11.3. The molecule has 1 aromatic heterocycles. The van der Waals surface area contributed by atoms with Crippen LogP contribution in [0.4, 0.5) is 0 Å². The second-order valence-corrected chi connectivity index (χ2v) is 6.76. The zero-order valence-electron chi connectivity index (χ0n) is 12.1. The van der Waals surface area contributed by atoms with Crippen molar-refractivity contribution in [2.45, 2.75) is 11.8 Å². The molecule has 0 amide bonds. The topological polar surface area (TPSA) is 76.0 Å². The number of hydrogen-bond acceptors (Lipinski definition) is 2. The maximum absolute atomic E-state index is 11.3. The van der Waals surface area contributed by atoms with E-state index < -0.39 is 10.0 Å². The van der Waals surface area contributed by atoms with Crippen LogP contribution in [0.3, 0.4) is 0 Å². The number of primary sulfonamides is 1. The highest BCUT2D eigenvalue weighted by Gasteiger charge is 2.11. The lowest BCUT2D eigenvalue weighted by Crippen LogP contribution is -2.11. The number of nitrogens with two attached hydrogens (primary N) is 1. The van der Waals surface area contributed by atoms with Gasteiger partial charge in [0.25, 0.3) is 0 Å². The van der Waals surface area contributed by atoms with Gasteiger partial charge in [-0.3, -0.25) is 0 Å². The van der Waals surface area contributed by atoms with Gasteiger partial charge in [-0.1, -0.05) is 42.0 Å². The predicted octanol–water partition coefficient (Wildman–Crippen LogP) is 3.30. The van der Waals surface area contributed by atoms with Crippen LogP contribution in [0.5, 0.6) is 0 Å². The zero-order valence-corrected chi connectivity index (χ0v) is 12.9. The molecule has 0 aliphatic heterocycles. The molecule has 4 nitrogen and oxygen atoms in total. The highest BCUT2D eigenvalue weighted by molar-refractivity contribution is 7.89. The van der Waals surface area contributed by atoms with E-state index in [1.54, 1.807) is 12.1 Å². The standard InChI is InChI=1S/C17H16N2O2S/c1-12-2-4-13(5-3-12)16-10-11-19-17(16)14-6-8-15(9-7-14)22(18,20)21/h2-11,19H,1H3,(H2,18,20,21). The first-order valence-electron chi connectivity index (χ1n) is 6.83. The van der Waals surface area contributed by atoms with Gasteiger partial charge in [0.1, 0.15) is 0 Å². The molecule has 22 heavy (non-hydrogen) atoms. The number of rotatable bonds is 3. The summed E-state index contributed by atoms with van der Waals surface area (Å²) < 4.78 is 22.6. The van der Waals surface area contributed by atoms with Gasteiger partial charge in [0.15, 0.2) is 0 Å². The second kappa shape index (κ2) is 5.44. The van der Waals surface area contributed by atoms with Gasteiger partial charge in [-0.05, 0) is 36.2 Å². The van der Waals surface area contributed by atoms with E-state index in [1.807, 2.05) is 19.2 Å². The number of H-pyrrole nitrogens is 1. The molecule has 112 valence electrons. The molecule has 1 heterocycles. The van der Waals surface area contributed by atoms with E-state index in [-0.39, 0.29) is 4.90 Å². The van der Waals surface area contributed by atoms with Crippen molar-refractivity contribution in [2.24, 2.45) is 5.14 Å². The molecule has 0 radical (unpaired) electrons. The minimum atomic E-state index is -3.67. The molecule has 3 N–H and O–H groups in total. The van der Waals surface area contributed by atoms with Crippen molar-refractivity contribution >= 4 is 10.0 Å². The quantitative estimate of drug-likeness (QED) is 0.778. The molecule has 0 unspecified atom stereocenters. The molecule has 0 bridgehead atoms. The van der Waals surface area contributed by atoms with Gasteiger partial charge in [-0.2, -0.15) is 0 Å². The van der Waals surface area contributed by atoms with Gasteiger partial charge in [0.05, 0.1) is 10.6 Å². The molecule has 0 aliphatic carbocycles. The fourth-order valence-electron chi connectivity index (χ4n) is 2.39. The number of hydrogen-bond donors (Lipinski definition) is 2. The van der Waals surface area contributed by atoms with E-state index in [2.05, 4.69) is 29.2 Å². The molecule has 0 saturated heterocycles. The average molecular weight is 312 g/mol. The summed E-state index contributed by atoms with van der Waals surface area (Å²) in [5.41, 5.74) is 5.25. The molecule has 3 aromatic rings. The molecule has 0 aliphatic rings. The Morgan fingerprint density at radius 3 is 2.05 bits per heavy atom. The number of nitrogens with one attached hydrogen (secondary N) is 1.